The summed E-state index contributed by atoms with van der Waals surface area (Å²) in [5.41, 5.74) is 1.63. The highest BCUT2D eigenvalue weighted by Gasteiger charge is 2.47. The summed E-state index contributed by atoms with van der Waals surface area (Å²) >= 11 is 12.5. The second-order valence-electron chi connectivity index (χ2n) is 8.11. The summed E-state index contributed by atoms with van der Waals surface area (Å²) in [6.07, 6.45) is 0. The Morgan fingerprint density at radius 1 is 1.03 bits per heavy atom. The van der Waals surface area contributed by atoms with Gasteiger partial charge in [-0.1, -0.05) is 35.3 Å². The van der Waals surface area contributed by atoms with Crippen molar-refractivity contribution >= 4 is 46.3 Å². The topological polar surface area (TPSA) is 96.3 Å². The molecule has 0 radical (unpaired) electrons. The molecule has 0 bridgehead atoms. The Bertz CT molecular complexity index is 1400. The lowest BCUT2D eigenvalue weighted by Gasteiger charge is -2.27. The number of rotatable bonds is 6. The van der Waals surface area contributed by atoms with Gasteiger partial charge in [0.05, 0.1) is 30.4 Å². The van der Waals surface area contributed by atoms with Crippen LogP contribution in [0.3, 0.4) is 0 Å². The number of aliphatic hydroxyl groups excluding tert-OH is 1. The molecule has 186 valence electrons. The van der Waals surface area contributed by atoms with Crippen LogP contribution in [0, 0.1) is 6.92 Å². The lowest BCUT2D eigenvalue weighted by atomic mass is 9.94. The molecule has 2 N–H and O–H groups in total. The Balaban J connectivity index is 1.99. The van der Waals surface area contributed by atoms with Gasteiger partial charge >= 0.3 is 0 Å². The number of amides is 1. The number of Topliss-reactive ketones (excluding diaryl/α,β-unsaturated/α-hetero) is 1. The number of ketones is 1. The number of phenolic OH excluding ortho intramolecular Hbond substituents is 1. The molecule has 1 saturated heterocycles. The van der Waals surface area contributed by atoms with Crippen LogP contribution in [0.15, 0.2) is 60.2 Å². The predicted octanol–water partition coefficient (Wildman–Crippen LogP) is 6.04. The lowest BCUT2D eigenvalue weighted by molar-refractivity contribution is -0.132. The number of methoxy groups -OCH3 is 1. The number of halogens is 2. The molecule has 1 unspecified atom stereocenters. The lowest BCUT2D eigenvalue weighted by Crippen LogP contribution is -2.30. The number of aliphatic hydroxyl groups is 1. The maximum atomic E-state index is 13.4. The van der Waals surface area contributed by atoms with Gasteiger partial charge in [0.2, 0.25) is 0 Å². The van der Waals surface area contributed by atoms with Crippen molar-refractivity contribution in [3.05, 3.63) is 86.9 Å². The molecule has 0 saturated carbocycles. The molecule has 9 heteroatoms. The van der Waals surface area contributed by atoms with Crippen LogP contribution in [0.1, 0.15) is 29.7 Å². The molecule has 1 fully saturated rings. The quantitative estimate of drug-likeness (QED) is 0.230. The van der Waals surface area contributed by atoms with Gasteiger partial charge in [-0.3, -0.25) is 14.5 Å². The van der Waals surface area contributed by atoms with Crippen molar-refractivity contribution in [2.75, 3.05) is 18.6 Å². The number of hydrogen-bond acceptors (Lipinski definition) is 6. The van der Waals surface area contributed by atoms with Crippen LogP contribution in [0.25, 0.3) is 5.76 Å². The van der Waals surface area contributed by atoms with Gasteiger partial charge in [-0.25, -0.2) is 0 Å². The normalized spacial score (nSPS) is 16.9. The highest BCUT2D eigenvalue weighted by Crippen LogP contribution is 2.45. The predicted molar refractivity (Wildman–Crippen MR) is 138 cm³/mol. The Hall–Kier alpha value is -3.68. The minimum absolute atomic E-state index is 0.0987. The number of ether oxygens (including phenoxy) is 2. The third-order valence-corrected chi connectivity index (χ3v) is 6.43. The van der Waals surface area contributed by atoms with E-state index in [1.807, 2.05) is 0 Å². The number of aromatic hydroxyl groups is 1. The largest absolute Gasteiger partial charge is 0.507 e. The molecule has 0 spiro atoms. The average molecular weight is 528 g/mol. The molecule has 36 heavy (non-hydrogen) atoms. The van der Waals surface area contributed by atoms with Gasteiger partial charge in [-0.2, -0.15) is 0 Å². The maximum Gasteiger partial charge on any atom is 0.300 e. The van der Waals surface area contributed by atoms with Crippen molar-refractivity contribution in [3.63, 3.8) is 0 Å². The number of benzene rings is 3. The van der Waals surface area contributed by atoms with Gasteiger partial charge in [0.25, 0.3) is 11.7 Å². The standard InChI is InChI=1S/C27H23Cl2NO6/c1-4-36-22-12-15(6-9-20(22)31)24-23(25(32)16-7-10-21(35-3)18(29)11-16)26(33)27(34)30(24)19-13-17(28)8-5-14(19)2/h5-13,24,31-32H,4H2,1-3H3/b25-23+. The highest BCUT2D eigenvalue weighted by atomic mass is 35.5. The monoisotopic (exact) mass is 527 g/mol. The van der Waals surface area contributed by atoms with Gasteiger partial charge in [-0.15, -0.1) is 0 Å². The minimum Gasteiger partial charge on any atom is -0.507 e. The Labute approximate surface area is 218 Å². The number of phenols is 1. The third kappa shape index (κ3) is 4.47. The number of hydrogen-bond donors (Lipinski definition) is 2. The smallest absolute Gasteiger partial charge is 0.300 e. The van der Waals surface area contributed by atoms with Crippen LogP contribution in [-0.4, -0.2) is 35.6 Å². The Kier molecular flexibility index (Phi) is 7.15. The molecule has 1 atom stereocenters. The van der Waals surface area contributed by atoms with E-state index >= 15 is 0 Å². The number of carbonyl (C=O) groups excluding carboxylic acids is 2. The van der Waals surface area contributed by atoms with Gasteiger partial charge in [0, 0.05) is 16.3 Å². The number of aryl methyl sites for hydroxylation is 1. The average Bonchev–Trinajstić information content (AvgIpc) is 3.12. The maximum absolute atomic E-state index is 13.4. The molecule has 1 heterocycles. The molecule has 3 aromatic carbocycles. The zero-order valence-electron chi connectivity index (χ0n) is 19.7. The van der Waals surface area contributed by atoms with E-state index in [-0.39, 0.29) is 34.3 Å². The molecule has 1 aliphatic heterocycles. The first-order valence-electron chi connectivity index (χ1n) is 11.0. The summed E-state index contributed by atoms with van der Waals surface area (Å²) < 4.78 is 10.7. The van der Waals surface area contributed by atoms with E-state index in [4.69, 9.17) is 32.7 Å². The first-order valence-corrected chi connectivity index (χ1v) is 11.8. The fourth-order valence-electron chi connectivity index (χ4n) is 4.18. The van der Waals surface area contributed by atoms with E-state index in [2.05, 4.69) is 0 Å². The highest BCUT2D eigenvalue weighted by molar-refractivity contribution is 6.52. The molecular weight excluding hydrogens is 505 g/mol. The minimum atomic E-state index is -1.04. The number of anilines is 1. The van der Waals surface area contributed by atoms with E-state index in [9.17, 15) is 19.8 Å². The van der Waals surface area contributed by atoms with E-state index in [0.717, 1.165) is 0 Å². The molecule has 0 aliphatic carbocycles. The second-order valence-corrected chi connectivity index (χ2v) is 8.95. The Morgan fingerprint density at radius 2 is 1.78 bits per heavy atom. The van der Waals surface area contributed by atoms with Crippen LogP contribution in [0.4, 0.5) is 5.69 Å². The molecule has 3 aromatic rings. The van der Waals surface area contributed by atoms with E-state index in [0.29, 0.717) is 27.6 Å². The van der Waals surface area contributed by atoms with Crippen molar-refractivity contribution in [3.8, 4) is 17.2 Å². The van der Waals surface area contributed by atoms with Crippen LogP contribution < -0.4 is 14.4 Å². The number of carbonyl (C=O) groups is 2. The number of nitrogens with zero attached hydrogens (tertiary/aromatic N) is 1. The molecular formula is C27H23Cl2NO6. The van der Waals surface area contributed by atoms with Crippen LogP contribution >= 0.6 is 23.2 Å². The van der Waals surface area contributed by atoms with Crippen molar-refractivity contribution in [2.45, 2.75) is 19.9 Å². The molecule has 1 amide bonds. The van der Waals surface area contributed by atoms with Crippen molar-refractivity contribution in [1.29, 1.82) is 0 Å². The molecule has 0 aromatic heterocycles. The van der Waals surface area contributed by atoms with Gasteiger partial charge in [0.15, 0.2) is 11.5 Å². The van der Waals surface area contributed by atoms with Gasteiger partial charge in [0.1, 0.15) is 11.5 Å². The summed E-state index contributed by atoms with van der Waals surface area (Å²) in [6.45, 7) is 3.84. The van der Waals surface area contributed by atoms with Crippen LogP contribution in [0.5, 0.6) is 17.2 Å². The summed E-state index contributed by atoms with van der Waals surface area (Å²) in [5, 5.41) is 22.1. The molecule has 1 aliphatic rings. The zero-order chi connectivity index (χ0) is 26.1. The van der Waals surface area contributed by atoms with Gasteiger partial charge < -0.3 is 19.7 Å². The van der Waals surface area contributed by atoms with Gasteiger partial charge in [-0.05, 0) is 67.4 Å². The molecule has 4 rings (SSSR count). The third-order valence-electron chi connectivity index (χ3n) is 5.90. The van der Waals surface area contributed by atoms with Crippen molar-refractivity contribution in [1.82, 2.24) is 0 Å². The van der Waals surface area contributed by atoms with Crippen molar-refractivity contribution < 1.29 is 29.3 Å². The fraction of sp³-hybridized carbons (Fsp3) is 0.185. The zero-order valence-corrected chi connectivity index (χ0v) is 21.2. The second kappa shape index (κ2) is 10.1. The first kappa shape index (κ1) is 25.4. The van der Waals surface area contributed by atoms with E-state index in [1.54, 1.807) is 44.2 Å². The van der Waals surface area contributed by atoms with Crippen LogP contribution in [-0.2, 0) is 9.59 Å². The summed E-state index contributed by atoms with van der Waals surface area (Å²) in [6, 6.07) is 13.0. The van der Waals surface area contributed by atoms with E-state index < -0.39 is 23.5 Å². The first-order chi connectivity index (χ1) is 17.2. The summed E-state index contributed by atoms with van der Waals surface area (Å²) in [4.78, 5) is 28.1. The summed E-state index contributed by atoms with van der Waals surface area (Å²) in [5.74, 6) is -1.66. The summed E-state index contributed by atoms with van der Waals surface area (Å²) in [7, 11) is 1.46. The SMILES string of the molecule is CCOc1cc(C2/C(=C(\O)c3ccc(OC)c(Cl)c3)C(=O)C(=O)N2c2cc(Cl)ccc2C)ccc1O. The molecule has 7 nitrogen and oxygen atoms in total. The van der Waals surface area contributed by atoms with Crippen LogP contribution in [0.2, 0.25) is 10.0 Å². The van der Waals surface area contributed by atoms with E-state index in [1.165, 1.54) is 36.3 Å². The Morgan fingerprint density at radius 3 is 2.44 bits per heavy atom. The van der Waals surface area contributed by atoms with Crippen molar-refractivity contribution in [2.24, 2.45) is 0 Å². The fourth-order valence-corrected chi connectivity index (χ4v) is 4.60.